The quantitative estimate of drug-likeness (QED) is 0.691. The maximum absolute atomic E-state index is 3.87. The van der Waals surface area contributed by atoms with Crippen LogP contribution in [0.5, 0.6) is 0 Å². The van der Waals surface area contributed by atoms with Crippen molar-refractivity contribution in [2.45, 2.75) is 38.4 Å². The number of aryl methyl sites for hydroxylation is 2. The van der Waals surface area contributed by atoms with E-state index in [9.17, 15) is 0 Å². The minimum atomic E-state index is 0.533. The normalized spacial score (nSPS) is 20.0. The highest BCUT2D eigenvalue weighted by molar-refractivity contribution is 9.09. The van der Waals surface area contributed by atoms with Gasteiger partial charge in [0.2, 0.25) is 0 Å². The Hall–Kier alpha value is -0.300. The van der Waals surface area contributed by atoms with Gasteiger partial charge in [-0.1, -0.05) is 46.6 Å². The predicted molar refractivity (Wildman–Crippen MR) is 69.5 cm³/mol. The number of hydrogen-bond donors (Lipinski definition) is 0. The highest BCUT2D eigenvalue weighted by Crippen LogP contribution is 2.46. The molecule has 0 heterocycles. The Balaban J connectivity index is 2.20. The second-order valence-corrected chi connectivity index (χ2v) is 5.94. The largest absolute Gasteiger partial charge is 0.0836 e. The molecule has 2 atom stereocenters. The van der Waals surface area contributed by atoms with Crippen molar-refractivity contribution in [1.29, 1.82) is 0 Å². The average molecular weight is 267 g/mol. The first-order valence-corrected chi connectivity index (χ1v) is 6.72. The molecule has 0 saturated heterocycles. The summed E-state index contributed by atoms with van der Waals surface area (Å²) in [5.74, 6) is 1.72. The first-order chi connectivity index (χ1) is 7.09. The van der Waals surface area contributed by atoms with Gasteiger partial charge in [-0.25, -0.2) is 0 Å². The smallest absolute Gasteiger partial charge is 0.0426 e. The molecule has 82 valence electrons. The third kappa shape index (κ3) is 2.44. The molecule has 1 fully saturated rings. The number of halogens is 1. The molecule has 0 aromatic heterocycles. The summed E-state index contributed by atoms with van der Waals surface area (Å²) in [6.45, 7) is 6.75. The van der Waals surface area contributed by atoms with Crippen LogP contribution in [0.15, 0.2) is 18.2 Å². The zero-order valence-corrected chi connectivity index (χ0v) is 11.3. The van der Waals surface area contributed by atoms with Crippen LogP contribution in [0.1, 0.15) is 41.3 Å². The van der Waals surface area contributed by atoms with Crippen LogP contribution in [0.25, 0.3) is 0 Å². The van der Waals surface area contributed by atoms with Crippen molar-refractivity contribution in [3.05, 3.63) is 34.9 Å². The van der Waals surface area contributed by atoms with Gasteiger partial charge in [-0.05, 0) is 49.7 Å². The summed E-state index contributed by atoms with van der Waals surface area (Å²) in [5.41, 5.74) is 4.25. The van der Waals surface area contributed by atoms with Crippen LogP contribution in [0, 0.1) is 25.7 Å². The third-order valence-corrected chi connectivity index (χ3v) is 4.88. The van der Waals surface area contributed by atoms with Crippen LogP contribution >= 0.6 is 15.9 Å². The molecule has 15 heavy (non-hydrogen) atoms. The van der Waals surface area contributed by atoms with Crippen LogP contribution in [0.4, 0.5) is 0 Å². The Morgan fingerprint density at radius 2 is 1.93 bits per heavy atom. The van der Waals surface area contributed by atoms with Gasteiger partial charge in [-0.2, -0.15) is 0 Å². The monoisotopic (exact) mass is 266 g/mol. The lowest BCUT2D eigenvalue weighted by molar-refractivity contribution is 0.502. The molecule has 0 bridgehead atoms. The van der Waals surface area contributed by atoms with Crippen molar-refractivity contribution >= 4 is 15.9 Å². The van der Waals surface area contributed by atoms with Crippen LogP contribution < -0.4 is 0 Å². The molecule has 0 amide bonds. The molecule has 0 nitrogen and oxygen atoms in total. The fourth-order valence-corrected chi connectivity index (χ4v) is 3.22. The van der Waals surface area contributed by atoms with Gasteiger partial charge < -0.3 is 0 Å². The number of hydrogen-bond acceptors (Lipinski definition) is 0. The first kappa shape index (κ1) is 11.2. The first-order valence-electron chi connectivity index (χ1n) is 5.81. The highest BCUT2D eigenvalue weighted by atomic mass is 79.9. The minimum Gasteiger partial charge on any atom is -0.0836 e. The van der Waals surface area contributed by atoms with Crippen molar-refractivity contribution in [2.75, 3.05) is 0 Å². The summed E-state index contributed by atoms with van der Waals surface area (Å²) in [5, 5.41) is 0. The van der Waals surface area contributed by atoms with Gasteiger partial charge >= 0.3 is 0 Å². The topological polar surface area (TPSA) is 0 Å². The van der Waals surface area contributed by atoms with Gasteiger partial charge in [0.05, 0.1) is 0 Å². The van der Waals surface area contributed by atoms with Gasteiger partial charge in [0.1, 0.15) is 0 Å². The molecule has 0 N–H and O–H groups in total. The zero-order chi connectivity index (χ0) is 11.0. The van der Waals surface area contributed by atoms with Gasteiger partial charge in [-0.3, -0.25) is 0 Å². The van der Waals surface area contributed by atoms with E-state index >= 15 is 0 Å². The molecule has 0 aliphatic heterocycles. The lowest BCUT2D eigenvalue weighted by Gasteiger charge is -2.20. The van der Waals surface area contributed by atoms with Gasteiger partial charge in [0.25, 0.3) is 0 Å². The van der Waals surface area contributed by atoms with Crippen LogP contribution in [0.2, 0.25) is 0 Å². The lowest BCUT2D eigenvalue weighted by atomic mass is 9.93. The Bertz CT molecular complexity index is 352. The summed E-state index contributed by atoms with van der Waals surface area (Å²) in [7, 11) is 0. The molecule has 1 aromatic carbocycles. The summed E-state index contributed by atoms with van der Waals surface area (Å²) in [4.78, 5) is 0.533. The van der Waals surface area contributed by atoms with Crippen molar-refractivity contribution in [3.8, 4) is 0 Å². The molecular formula is C14H19Br. The van der Waals surface area contributed by atoms with E-state index in [1.54, 1.807) is 0 Å². The van der Waals surface area contributed by atoms with E-state index in [1.807, 2.05) is 0 Å². The fourth-order valence-electron chi connectivity index (χ4n) is 2.28. The number of rotatable bonds is 3. The molecule has 1 saturated carbocycles. The lowest BCUT2D eigenvalue weighted by Crippen LogP contribution is -2.07. The zero-order valence-electron chi connectivity index (χ0n) is 9.76. The Labute approximate surface area is 101 Å². The maximum Gasteiger partial charge on any atom is 0.0426 e. The SMILES string of the molecule is Cc1ccc(C(Br)C(C)C2CC2)c(C)c1. The van der Waals surface area contributed by atoms with E-state index in [0.717, 1.165) is 11.8 Å². The highest BCUT2D eigenvalue weighted by Gasteiger charge is 2.33. The Kier molecular flexibility index (Phi) is 3.20. The molecule has 1 heteroatoms. The van der Waals surface area contributed by atoms with Gasteiger partial charge in [0, 0.05) is 4.83 Å². The average Bonchev–Trinajstić information content (AvgIpc) is 2.99. The van der Waals surface area contributed by atoms with Crippen LogP contribution in [-0.4, -0.2) is 0 Å². The molecule has 1 aliphatic rings. The molecule has 1 aliphatic carbocycles. The predicted octanol–water partition coefficient (Wildman–Crippen LogP) is 4.79. The molecular weight excluding hydrogens is 248 g/mol. The third-order valence-electron chi connectivity index (χ3n) is 3.55. The molecule has 0 spiro atoms. The van der Waals surface area contributed by atoms with E-state index < -0.39 is 0 Å². The van der Waals surface area contributed by atoms with E-state index in [0.29, 0.717) is 4.83 Å². The Morgan fingerprint density at radius 1 is 1.27 bits per heavy atom. The van der Waals surface area contributed by atoms with Crippen LogP contribution in [-0.2, 0) is 0 Å². The number of benzene rings is 1. The summed E-state index contributed by atoms with van der Waals surface area (Å²) >= 11 is 3.87. The van der Waals surface area contributed by atoms with Crippen molar-refractivity contribution < 1.29 is 0 Å². The second-order valence-electron chi connectivity index (χ2n) is 4.96. The van der Waals surface area contributed by atoms with E-state index in [1.165, 1.54) is 29.5 Å². The molecule has 2 unspecified atom stereocenters. The van der Waals surface area contributed by atoms with E-state index in [4.69, 9.17) is 0 Å². The van der Waals surface area contributed by atoms with Crippen LogP contribution in [0.3, 0.4) is 0 Å². The van der Waals surface area contributed by atoms with Gasteiger partial charge in [0.15, 0.2) is 0 Å². The maximum atomic E-state index is 3.87. The molecule has 2 rings (SSSR count). The second kappa shape index (κ2) is 4.29. The van der Waals surface area contributed by atoms with Crippen molar-refractivity contribution in [1.82, 2.24) is 0 Å². The molecule has 0 radical (unpaired) electrons. The summed E-state index contributed by atoms with van der Waals surface area (Å²) < 4.78 is 0. The van der Waals surface area contributed by atoms with Gasteiger partial charge in [-0.15, -0.1) is 0 Å². The van der Waals surface area contributed by atoms with E-state index in [-0.39, 0.29) is 0 Å². The van der Waals surface area contributed by atoms with Crippen molar-refractivity contribution in [2.24, 2.45) is 11.8 Å². The number of alkyl halides is 1. The minimum absolute atomic E-state index is 0.533. The Morgan fingerprint density at radius 3 is 2.47 bits per heavy atom. The summed E-state index contributed by atoms with van der Waals surface area (Å²) in [6, 6.07) is 6.78. The summed E-state index contributed by atoms with van der Waals surface area (Å²) in [6.07, 6.45) is 2.85. The molecule has 1 aromatic rings. The fraction of sp³-hybridized carbons (Fsp3) is 0.571. The van der Waals surface area contributed by atoms with E-state index in [2.05, 4.69) is 54.9 Å². The van der Waals surface area contributed by atoms with Crippen molar-refractivity contribution in [3.63, 3.8) is 0 Å². The standard InChI is InChI=1S/C14H19Br/c1-9-4-7-13(10(2)8-9)14(15)11(3)12-5-6-12/h4,7-8,11-12,14H,5-6H2,1-3H3.